The van der Waals surface area contributed by atoms with Crippen molar-refractivity contribution < 1.29 is 37.3 Å². The topological polar surface area (TPSA) is 285 Å². The molecule has 18 nitrogen and oxygen atoms in total. The van der Waals surface area contributed by atoms with Gasteiger partial charge in [-0.05, 0) is 0 Å². The number of ketones is 1. The first-order valence-electron chi connectivity index (χ1n) is 10.8. The molecule has 3 heterocycles. The van der Waals surface area contributed by atoms with Gasteiger partial charge in [-0.3, -0.25) is 18.8 Å². The Hall–Kier alpha value is -4.17. The first-order valence-corrected chi connectivity index (χ1v) is 13.1. The summed E-state index contributed by atoms with van der Waals surface area (Å²) in [6, 6.07) is -1.21. The molecule has 2 aromatic heterocycles. The summed E-state index contributed by atoms with van der Waals surface area (Å²) in [6.45, 7) is -0.267. The van der Waals surface area contributed by atoms with E-state index in [0.29, 0.717) is 5.69 Å². The molecule has 38 heavy (non-hydrogen) atoms. The van der Waals surface area contributed by atoms with Gasteiger partial charge >= 0.3 is 16.3 Å². The molecule has 0 aromatic carbocycles. The lowest BCUT2D eigenvalue weighted by atomic mass is 9.84. The van der Waals surface area contributed by atoms with Gasteiger partial charge in [0.1, 0.15) is 11.4 Å². The van der Waals surface area contributed by atoms with Crippen molar-refractivity contribution in [3.05, 3.63) is 23.0 Å². The summed E-state index contributed by atoms with van der Waals surface area (Å²) in [4.78, 5) is 50.2. The molecule has 2 fully saturated rings. The van der Waals surface area contributed by atoms with E-state index in [1.54, 1.807) is 0 Å². The molecule has 1 saturated carbocycles. The quantitative estimate of drug-likeness (QED) is 0.0590. The van der Waals surface area contributed by atoms with Gasteiger partial charge in [-0.2, -0.15) is 8.42 Å². The minimum Gasteiger partial charge on any atom is -0.478 e. The predicted molar refractivity (Wildman–Crippen MR) is 129 cm³/mol. The van der Waals surface area contributed by atoms with Crippen molar-refractivity contribution in [3.63, 3.8) is 0 Å². The van der Waals surface area contributed by atoms with Crippen LogP contribution >= 0.6 is 11.3 Å². The minimum atomic E-state index is -4.96. The second kappa shape index (κ2) is 9.95. The van der Waals surface area contributed by atoms with Crippen LogP contribution in [0.2, 0.25) is 0 Å². The van der Waals surface area contributed by atoms with Crippen LogP contribution in [0.3, 0.4) is 0 Å². The average Bonchev–Trinajstić information content (AvgIpc) is 3.29. The number of aliphatic carboxylic acids is 1. The van der Waals surface area contributed by atoms with Gasteiger partial charge in [0.15, 0.2) is 22.6 Å². The zero-order valence-corrected chi connectivity index (χ0v) is 21.0. The molecule has 0 bridgehead atoms. The Balaban J connectivity index is 1.56. The number of carboxylic acid groups (broad SMARTS) is 1. The number of hydrogen-bond donors (Lipinski definition) is 5. The molecule has 1 aliphatic carbocycles. The highest BCUT2D eigenvalue weighted by atomic mass is 32.2. The molecule has 8 N–H and O–H groups in total. The van der Waals surface area contributed by atoms with Crippen molar-refractivity contribution in [1.82, 2.24) is 24.3 Å². The van der Waals surface area contributed by atoms with Crippen LogP contribution < -0.4 is 17.2 Å². The van der Waals surface area contributed by atoms with Gasteiger partial charge in [0.05, 0.1) is 31.2 Å². The van der Waals surface area contributed by atoms with Gasteiger partial charge in [-0.25, -0.2) is 19.1 Å². The number of Topliss-reactive ketones (excluding diaryl/α,β-unsaturated/α-hetero) is 1. The third-order valence-corrected chi connectivity index (χ3v) is 7.39. The number of aliphatic imine (C=N–C) groups is 1. The molecular weight excluding hydrogens is 548 g/mol. The molecule has 4 rings (SSSR count). The highest BCUT2D eigenvalue weighted by molar-refractivity contribution is 7.84. The summed E-state index contributed by atoms with van der Waals surface area (Å²) in [6.07, 6.45) is 1.20. The van der Waals surface area contributed by atoms with Gasteiger partial charge in [0, 0.05) is 24.6 Å². The number of carbonyl (C=O) groups excluding carboxylic acids is 2. The van der Waals surface area contributed by atoms with Crippen molar-refractivity contribution in [3.8, 4) is 0 Å². The maximum atomic E-state index is 13.2. The van der Waals surface area contributed by atoms with E-state index in [1.165, 1.54) is 16.3 Å². The Bertz CT molecular complexity index is 1440. The zero-order valence-electron chi connectivity index (χ0n) is 19.4. The van der Waals surface area contributed by atoms with Crippen molar-refractivity contribution >= 4 is 56.1 Å². The number of carboxylic acids is 1. The number of guanidine groups is 1. The molecule has 1 amide bonds. The lowest BCUT2D eigenvalue weighted by Gasteiger charge is -2.43. The Morgan fingerprint density at radius 2 is 2.03 bits per heavy atom. The first-order chi connectivity index (χ1) is 17.8. The molecule has 0 unspecified atom stereocenters. The number of rotatable bonds is 12. The van der Waals surface area contributed by atoms with Crippen LogP contribution in [0, 0.1) is 5.92 Å². The summed E-state index contributed by atoms with van der Waals surface area (Å²) < 4.78 is 34.7. The van der Waals surface area contributed by atoms with Crippen LogP contribution in [0.5, 0.6) is 0 Å². The molecule has 2 aliphatic rings. The number of aromatic nitrogens is 4. The van der Waals surface area contributed by atoms with Gasteiger partial charge in [0.2, 0.25) is 11.5 Å². The SMILES string of the molecule is NC(N)=NCc1cn(C[C@@H]2[C@H](CC(=O)/C(=N/OC3(C(=O)O)CC3)c3csc(N)n3)C(=O)N2S(=O)(=O)O)nn1. The summed E-state index contributed by atoms with van der Waals surface area (Å²) in [5.41, 5.74) is 14.6. The van der Waals surface area contributed by atoms with Gasteiger partial charge < -0.3 is 27.1 Å². The summed E-state index contributed by atoms with van der Waals surface area (Å²) in [7, 11) is -4.96. The summed E-state index contributed by atoms with van der Waals surface area (Å²) in [5.74, 6) is -4.48. The molecule has 1 aliphatic heterocycles. The number of nitrogens with zero attached hydrogens (tertiary/aromatic N) is 7. The molecule has 0 spiro atoms. The van der Waals surface area contributed by atoms with Crippen LogP contribution in [-0.2, 0) is 42.6 Å². The predicted octanol–water partition coefficient (Wildman–Crippen LogP) is -2.28. The van der Waals surface area contributed by atoms with E-state index in [2.05, 4.69) is 25.4 Å². The third kappa shape index (κ3) is 5.55. The number of oxime groups is 1. The van der Waals surface area contributed by atoms with Crippen molar-refractivity contribution in [2.45, 2.75) is 44.0 Å². The van der Waals surface area contributed by atoms with E-state index in [0.717, 1.165) is 11.3 Å². The van der Waals surface area contributed by atoms with Gasteiger partial charge in [-0.1, -0.05) is 10.4 Å². The number of thiazole rings is 1. The molecule has 20 heteroatoms. The number of hydrogen-bond acceptors (Lipinski definition) is 13. The molecule has 204 valence electrons. The fraction of sp³-hybridized carbons (Fsp3) is 0.444. The van der Waals surface area contributed by atoms with E-state index < -0.39 is 51.9 Å². The van der Waals surface area contributed by atoms with E-state index in [4.69, 9.17) is 22.0 Å². The Morgan fingerprint density at radius 3 is 2.58 bits per heavy atom. The fourth-order valence-electron chi connectivity index (χ4n) is 3.67. The molecule has 2 atom stereocenters. The smallest absolute Gasteiger partial charge is 0.362 e. The third-order valence-electron chi connectivity index (χ3n) is 5.77. The highest BCUT2D eigenvalue weighted by Crippen LogP contribution is 2.40. The lowest BCUT2D eigenvalue weighted by Crippen LogP contribution is -2.64. The fourth-order valence-corrected chi connectivity index (χ4v) is 5.14. The second-order valence-electron chi connectivity index (χ2n) is 8.49. The molecule has 2 aromatic rings. The normalized spacial score (nSPS) is 20.5. The standard InChI is InChI=1S/C18H22N10O8S2/c19-16(20)22-4-8-5-27(26-24-8)6-11-9(14(30)28(11)38(33,34)35)3-12(29)13(10-7-37-17(21)23-10)25-36-18(1-2-18)15(31)32/h5,7,9,11H,1-4,6H2,(H2,21,23)(H,31,32)(H4,19,20,22)(H,33,34,35)/b25-13+/t9-,11+/m0/s1. The summed E-state index contributed by atoms with van der Waals surface area (Å²) >= 11 is 0.989. The maximum Gasteiger partial charge on any atom is 0.362 e. The van der Waals surface area contributed by atoms with Crippen LogP contribution in [0.15, 0.2) is 21.7 Å². The number of nitrogens with two attached hydrogens (primary N) is 3. The van der Waals surface area contributed by atoms with Crippen LogP contribution in [0.1, 0.15) is 30.7 Å². The number of β-lactam (4-membered cyclic amide) rings is 1. The van der Waals surface area contributed by atoms with Crippen LogP contribution in [0.4, 0.5) is 5.13 Å². The van der Waals surface area contributed by atoms with E-state index >= 15 is 0 Å². The average molecular weight is 571 g/mol. The molecule has 0 radical (unpaired) electrons. The Morgan fingerprint density at radius 1 is 1.32 bits per heavy atom. The highest BCUT2D eigenvalue weighted by Gasteiger charge is 2.56. The molecular formula is C18H22N10O8S2. The molecule has 1 saturated heterocycles. The van der Waals surface area contributed by atoms with Crippen LogP contribution in [-0.4, -0.2) is 83.3 Å². The second-order valence-corrected chi connectivity index (χ2v) is 10.7. The van der Waals surface area contributed by atoms with Gasteiger partial charge in [-0.15, -0.1) is 16.4 Å². The first kappa shape index (κ1) is 26.9. The Labute approximate surface area is 218 Å². The number of carbonyl (C=O) groups is 3. The van der Waals surface area contributed by atoms with Crippen molar-refractivity contribution in [2.75, 3.05) is 5.73 Å². The van der Waals surface area contributed by atoms with Crippen LogP contribution in [0.25, 0.3) is 0 Å². The zero-order chi connectivity index (χ0) is 27.8. The Kier molecular flexibility index (Phi) is 7.04. The minimum absolute atomic E-state index is 0.00528. The number of anilines is 1. The largest absolute Gasteiger partial charge is 0.478 e. The maximum absolute atomic E-state index is 13.2. The van der Waals surface area contributed by atoms with E-state index in [1.807, 2.05) is 0 Å². The van der Waals surface area contributed by atoms with Crippen molar-refractivity contribution in [1.29, 1.82) is 0 Å². The summed E-state index contributed by atoms with van der Waals surface area (Å²) in [5, 5.41) is 22.2. The van der Waals surface area contributed by atoms with Crippen molar-refractivity contribution in [2.24, 2.45) is 27.5 Å². The number of nitrogen functional groups attached to an aromatic ring is 1. The number of amides is 1. The monoisotopic (exact) mass is 570 g/mol. The lowest BCUT2D eigenvalue weighted by molar-refractivity contribution is -0.153. The van der Waals surface area contributed by atoms with E-state index in [9.17, 15) is 32.5 Å². The van der Waals surface area contributed by atoms with Gasteiger partial charge in [0.25, 0.3) is 0 Å². The van der Waals surface area contributed by atoms with E-state index in [-0.39, 0.29) is 52.7 Å².